The molecule has 0 aromatic heterocycles. The van der Waals surface area contributed by atoms with E-state index in [1.54, 1.807) is 7.11 Å². The summed E-state index contributed by atoms with van der Waals surface area (Å²) in [6, 6.07) is 6.46. The molecule has 0 saturated heterocycles. The van der Waals surface area contributed by atoms with E-state index in [1.165, 1.54) is 36.8 Å². The van der Waals surface area contributed by atoms with Crippen molar-refractivity contribution in [2.75, 3.05) is 7.11 Å². The van der Waals surface area contributed by atoms with Gasteiger partial charge in [0.25, 0.3) is 0 Å². The molecule has 2 bridgehead atoms. The van der Waals surface area contributed by atoms with Crippen molar-refractivity contribution in [3.63, 3.8) is 0 Å². The quantitative estimate of drug-likeness (QED) is 0.892. The van der Waals surface area contributed by atoms with Gasteiger partial charge in [-0.05, 0) is 73.6 Å². The lowest BCUT2D eigenvalue weighted by molar-refractivity contribution is 0.296. The summed E-state index contributed by atoms with van der Waals surface area (Å²) < 4.78 is 5.26. The number of nitrogens with two attached hydrogens (primary N) is 1. The smallest absolute Gasteiger partial charge is 0.119 e. The molecule has 1 aromatic carbocycles. The summed E-state index contributed by atoms with van der Waals surface area (Å²) in [6.45, 7) is 2.14. The van der Waals surface area contributed by atoms with Crippen molar-refractivity contribution in [3.05, 3.63) is 29.3 Å². The number of methoxy groups -OCH3 is 1. The molecule has 0 heterocycles. The Morgan fingerprint density at radius 1 is 1.32 bits per heavy atom. The molecule has 4 unspecified atom stereocenters. The molecule has 3 rings (SSSR count). The SMILES string of the molecule is COc1ccc(C(N)CC2CC3CCC2C3)c(C)c1. The molecule has 2 aliphatic carbocycles. The van der Waals surface area contributed by atoms with Crippen molar-refractivity contribution in [3.8, 4) is 5.75 Å². The van der Waals surface area contributed by atoms with Crippen LogP contribution in [0.15, 0.2) is 18.2 Å². The lowest BCUT2D eigenvalue weighted by Gasteiger charge is -2.25. The zero-order chi connectivity index (χ0) is 13.4. The largest absolute Gasteiger partial charge is 0.497 e. The summed E-state index contributed by atoms with van der Waals surface area (Å²) in [5.41, 5.74) is 9.01. The second kappa shape index (κ2) is 5.16. The Labute approximate surface area is 116 Å². The first-order valence-electron chi connectivity index (χ1n) is 7.57. The standard InChI is InChI=1S/C17H25NO/c1-11-7-15(19-2)5-6-16(11)17(18)10-14-9-12-3-4-13(14)8-12/h5-7,12-14,17H,3-4,8-10,18H2,1-2H3. The van der Waals surface area contributed by atoms with E-state index in [9.17, 15) is 0 Å². The molecule has 2 N–H and O–H groups in total. The van der Waals surface area contributed by atoms with E-state index in [0.717, 1.165) is 29.9 Å². The number of ether oxygens (including phenoxy) is 1. The zero-order valence-electron chi connectivity index (χ0n) is 12.1. The third-order valence-electron chi connectivity index (χ3n) is 5.32. The Kier molecular flexibility index (Phi) is 3.53. The molecule has 0 radical (unpaired) electrons. The van der Waals surface area contributed by atoms with Crippen LogP contribution >= 0.6 is 0 Å². The molecule has 0 aliphatic heterocycles. The highest BCUT2D eigenvalue weighted by molar-refractivity contribution is 5.36. The van der Waals surface area contributed by atoms with Gasteiger partial charge in [0, 0.05) is 6.04 Å². The normalized spacial score (nSPS) is 30.6. The van der Waals surface area contributed by atoms with E-state index in [4.69, 9.17) is 10.5 Å². The average Bonchev–Trinajstić information content (AvgIpc) is 3.00. The molecule has 104 valence electrons. The van der Waals surface area contributed by atoms with Crippen molar-refractivity contribution >= 4 is 0 Å². The lowest BCUT2D eigenvalue weighted by Crippen LogP contribution is -2.20. The third kappa shape index (κ3) is 2.51. The van der Waals surface area contributed by atoms with Crippen LogP contribution in [0.2, 0.25) is 0 Å². The number of hydrogen-bond donors (Lipinski definition) is 1. The monoisotopic (exact) mass is 259 g/mol. The Morgan fingerprint density at radius 3 is 2.74 bits per heavy atom. The summed E-state index contributed by atoms with van der Waals surface area (Å²) in [5, 5.41) is 0. The maximum absolute atomic E-state index is 6.46. The maximum Gasteiger partial charge on any atom is 0.119 e. The van der Waals surface area contributed by atoms with Crippen LogP contribution in [0.1, 0.15) is 49.3 Å². The highest BCUT2D eigenvalue weighted by Crippen LogP contribution is 2.50. The van der Waals surface area contributed by atoms with Gasteiger partial charge in [0.05, 0.1) is 7.11 Å². The molecule has 2 fully saturated rings. The van der Waals surface area contributed by atoms with Gasteiger partial charge in [-0.25, -0.2) is 0 Å². The van der Waals surface area contributed by atoms with Crippen molar-refractivity contribution in [2.45, 2.75) is 45.1 Å². The number of fused-ring (bicyclic) bond motifs is 2. The predicted octanol–water partition coefficient (Wildman–Crippen LogP) is 3.83. The van der Waals surface area contributed by atoms with Gasteiger partial charge < -0.3 is 10.5 Å². The molecule has 4 atom stereocenters. The summed E-state index contributed by atoms with van der Waals surface area (Å²) in [6.07, 6.45) is 6.97. The molecule has 19 heavy (non-hydrogen) atoms. The van der Waals surface area contributed by atoms with E-state index in [1.807, 2.05) is 6.07 Å². The summed E-state index contributed by atoms with van der Waals surface area (Å²) in [5.74, 6) is 3.78. The van der Waals surface area contributed by atoms with Crippen molar-refractivity contribution < 1.29 is 4.74 Å². The second-order valence-corrected chi connectivity index (χ2v) is 6.50. The van der Waals surface area contributed by atoms with Gasteiger partial charge in [0.15, 0.2) is 0 Å². The van der Waals surface area contributed by atoms with Gasteiger partial charge >= 0.3 is 0 Å². The summed E-state index contributed by atoms with van der Waals surface area (Å²) >= 11 is 0. The summed E-state index contributed by atoms with van der Waals surface area (Å²) in [4.78, 5) is 0. The minimum absolute atomic E-state index is 0.190. The average molecular weight is 259 g/mol. The zero-order valence-corrected chi connectivity index (χ0v) is 12.1. The van der Waals surface area contributed by atoms with E-state index in [2.05, 4.69) is 19.1 Å². The van der Waals surface area contributed by atoms with E-state index in [0.29, 0.717) is 0 Å². The highest BCUT2D eigenvalue weighted by atomic mass is 16.5. The van der Waals surface area contributed by atoms with Crippen molar-refractivity contribution in [1.29, 1.82) is 0 Å². The molecule has 2 aliphatic rings. The van der Waals surface area contributed by atoms with Crippen molar-refractivity contribution in [1.82, 2.24) is 0 Å². The Balaban J connectivity index is 1.68. The van der Waals surface area contributed by atoms with Gasteiger partial charge in [-0.3, -0.25) is 0 Å². The molecule has 1 aromatic rings. The van der Waals surface area contributed by atoms with Crippen LogP contribution in [-0.2, 0) is 0 Å². The minimum Gasteiger partial charge on any atom is -0.497 e. The first-order chi connectivity index (χ1) is 9.17. The lowest BCUT2D eigenvalue weighted by atomic mass is 9.82. The maximum atomic E-state index is 6.46. The van der Waals surface area contributed by atoms with E-state index in [-0.39, 0.29) is 6.04 Å². The minimum atomic E-state index is 0.190. The van der Waals surface area contributed by atoms with E-state index >= 15 is 0 Å². The van der Waals surface area contributed by atoms with Crippen LogP contribution < -0.4 is 10.5 Å². The number of hydrogen-bond acceptors (Lipinski definition) is 2. The fraction of sp³-hybridized carbons (Fsp3) is 0.647. The van der Waals surface area contributed by atoms with Crippen LogP contribution in [0.3, 0.4) is 0 Å². The molecule has 2 saturated carbocycles. The van der Waals surface area contributed by atoms with Crippen LogP contribution in [0.4, 0.5) is 0 Å². The third-order valence-corrected chi connectivity index (χ3v) is 5.32. The fourth-order valence-corrected chi connectivity index (χ4v) is 4.31. The topological polar surface area (TPSA) is 35.2 Å². The van der Waals surface area contributed by atoms with Crippen molar-refractivity contribution in [2.24, 2.45) is 23.5 Å². The van der Waals surface area contributed by atoms with Gasteiger partial charge in [-0.1, -0.05) is 12.5 Å². The molecule has 0 spiro atoms. The number of rotatable bonds is 4. The Hall–Kier alpha value is -1.02. The number of aryl methyl sites for hydroxylation is 1. The first-order valence-corrected chi connectivity index (χ1v) is 7.57. The van der Waals surface area contributed by atoms with Gasteiger partial charge in [-0.2, -0.15) is 0 Å². The van der Waals surface area contributed by atoms with Gasteiger partial charge in [0.2, 0.25) is 0 Å². The van der Waals surface area contributed by atoms with E-state index < -0.39 is 0 Å². The molecular formula is C17H25NO. The van der Waals surface area contributed by atoms with Gasteiger partial charge in [-0.15, -0.1) is 0 Å². The first kappa shape index (κ1) is 13.0. The predicted molar refractivity (Wildman–Crippen MR) is 78.2 cm³/mol. The highest BCUT2D eigenvalue weighted by Gasteiger charge is 2.39. The van der Waals surface area contributed by atoms with Crippen LogP contribution in [0.25, 0.3) is 0 Å². The fourth-order valence-electron chi connectivity index (χ4n) is 4.31. The Bertz CT molecular complexity index is 457. The summed E-state index contributed by atoms with van der Waals surface area (Å²) in [7, 11) is 1.71. The Morgan fingerprint density at radius 2 is 2.16 bits per heavy atom. The number of benzene rings is 1. The van der Waals surface area contributed by atoms with Crippen LogP contribution in [-0.4, -0.2) is 7.11 Å². The molecule has 2 nitrogen and oxygen atoms in total. The molecule has 2 heteroatoms. The molecular weight excluding hydrogens is 234 g/mol. The second-order valence-electron chi connectivity index (χ2n) is 6.50. The van der Waals surface area contributed by atoms with Crippen LogP contribution in [0.5, 0.6) is 5.75 Å². The molecule has 0 amide bonds. The van der Waals surface area contributed by atoms with Crippen LogP contribution in [0, 0.1) is 24.7 Å². The van der Waals surface area contributed by atoms with Gasteiger partial charge in [0.1, 0.15) is 5.75 Å².